The number of aliphatic hydroxyl groups is 1. The number of imide groups is 1. The minimum absolute atomic E-state index is 0.153. The van der Waals surface area contributed by atoms with Gasteiger partial charge in [0.25, 0.3) is 5.69 Å². The average Bonchev–Trinajstić information content (AvgIpc) is 3.19. The fourth-order valence-electron chi connectivity index (χ4n) is 3.87. The molecule has 1 N–H and O–H groups in total. The van der Waals surface area contributed by atoms with Crippen LogP contribution < -0.4 is 4.90 Å². The maximum absolute atomic E-state index is 12.8. The molecule has 24 heavy (non-hydrogen) atoms. The summed E-state index contributed by atoms with van der Waals surface area (Å²) in [6.07, 6.45) is 2.76. The van der Waals surface area contributed by atoms with Crippen LogP contribution in [0.1, 0.15) is 5.56 Å². The summed E-state index contributed by atoms with van der Waals surface area (Å²) in [4.78, 5) is 37.1. The van der Waals surface area contributed by atoms with Crippen LogP contribution in [0.15, 0.2) is 30.4 Å². The van der Waals surface area contributed by atoms with Crippen molar-refractivity contribution in [3.8, 4) is 0 Å². The average molecular weight is 330 g/mol. The van der Waals surface area contributed by atoms with Crippen molar-refractivity contribution in [2.45, 2.75) is 18.6 Å². The maximum atomic E-state index is 12.8. The zero-order chi connectivity index (χ0) is 17.2. The predicted molar refractivity (Wildman–Crippen MR) is 81.1 cm³/mol. The van der Waals surface area contributed by atoms with E-state index in [4.69, 9.17) is 4.74 Å². The minimum atomic E-state index is -1.17. The Balaban J connectivity index is 1.77. The first kappa shape index (κ1) is 15.0. The first-order chi connectivity index (χ1) is 11.4. The maximum Gasteiger partial charge on any atom is 0.274 e. The van der Waals surface area contributed by atoms with Crippen LogP contribution in [0.3, 0.4) is 0 Å². The quantitative estimate of drug-likeness (QED) is 0.378. The van der Waals surface area contributed by atoms with Crippen molar-refractivity contribution < 1.29 is 24.4 Å². The van der Waals surface area contributed by atoms with Crippen LogP contribution in [0.2, 0.25) is 0 Å². The van der Waals surface area contributed by atoms with Crippen LogP contribution in [0.5, 0.6) is 0 Å². The Bertz CT molecular complexity index is 819. The number of hydrogen-bond donors (Lipinski definition) is 1. The summed E-state index contributed by atoms with van der Waals surface area (Å²) < 4.78 is 5.64. The van der Waals surface area contributed by atoms with Crippen molar-refractivity contribution in [2.24, 2.45) is 11.8 Å². The molecule has 0 radical (unpaired) electrons. The van der Waals surface area contributed by atoms with E-state index in [0.29, 0.717) is 5.56 Å². The zero-order valence-electron chi connectivity index (χ0n) is 12.7. The van der Waals surface area contributed by atoms with E-state index in [9.17, 15) is 24.8 Å². The Hall–Kier alpha value is -2.58. The molecule has 1 aromatic rings. The van der Waals surface area contributed by atoms with E-state index in [-0.39, 0.29) is 11.4 Å². The molecule has 2 amide bonds. The molecule has 4 atom stereocenters. The van der Waals surface area contributed by atoms with Crippen molar-refractivity contribution in [2.75, 3.05) is 11.5 Å². The number of benzene rings is 1. The molecule has 4 rings (SSSR count). The van der Waals surface area contributed by atoms with Crippen molar-refractivity contribution in [3.63, 3.8) is 0 Å². The highest BCUT2D eigenvalue weighted by molar-refractivity contribution is 6.23. The summed E-state index contributed by atoms with van der Waals surface area (Å²) in [7, 11) is 0. The molecular weight excluding hydrogens is 316 g/mol. The van der Waals surface area contributed by atoms with Gasteiger partial charge >= 0.3 is 0 Å². The number of ether oxygens (including phenoxy) is 1. The molecule has 0 unspecified atom stereocenters. The highest BCUT2D eigenvalue weighted by Crippen LogP contribution is 2.52. The second-order valence-electron chi connectivity index (χ2n) is 6.30. The molecule has 0 aliphatic carbocycles. The van der Waals surface area contributed by atoms with Gasteiger partial charge in [0.05, 0.1) is 35.2 Å². The number of hydrogen-bond acceptors (Lipinski definition) is 6. The second kappa shape index (κ2) is 4.71. The Morgan fingerprint density at radius 1 is 1.38 bits per heavy atom. The highest BCUT2D eigenvalue weighted by Gasteiger charge is 2.67. The molecule has 0 aromatic heterocycles. The molecule has 2 saturated heterocycles. The lowest BCUT2D eigenvalue weighted by Crippen LogP contribution is -2.43. The van der Waals surface area contributed by atoms with Crippen LogP contribution in [0.4, 0.5) is 11.4 Å². The van der Waals surface area contributed by atoms with Gasteiger partial charge in [-0.05, 0) is 13.0 Å². The molecule has 3 aliphatic heterocycles. The Kier molecular flexibility index (Phi) is 2.94. The second-order valence-corrected chi connectivity index (χ2v) is 6.30. The molecule has 3 heterocycles. The summed E-state index contributed by atoms with van der Waals surface area (Å²) in [6.45, 7) is 1.19. The number of nitrogens with zero attached hydrogens (tertiary/aromatic N) is 2. The largest absolute Gasteiger partial charge is 0.393 e. The van der Waals surface area contributed by atoms with Gasteiger partial charge in [-0.1, -0.05) is 18.2 Å². The standard InChI is InChI=1S/C16H14N2O6/c1-8-2-3-9(6-10(8)18(22)23)17-14(20)12-11-4-5-16(7-19,24-11)13(12)15(17)21/h2-6,11-13,19H,7H2,1H3/t11-,12-,13-,16+/m0/s1. The van der Waals surface area contributed by atoms with Crippen molar-refractivity contribution in [3.05, 3.63) is 46.0 Å². The van der Waals surface area contributed by atoms with Crippen molar-refractivity contribution in [1.29, 1.82) is 0 Å². The molecule has 124 valence electrons. The number of amides is 2. The highest BCUT2D eigenvalue weighted by atomic mass is 16.6. The molecule has 3 aliphatic rings. The van der Waals surface area contributed by atoms with Gasteiger partial charge in [0.1, 0.15) is 5.60 Å². The minimum Gasteiger partial charge on any atom is -0.393 e. The van der Waals surface area contributed by atoms with Gasteiger partial charge in [0, 0.05) is 11.6 Å². The number of nitro benzene ring substituents is 1. The number of aryl methyl sites for hydroxylation is 1. The van der Waals surface area contributed by atoms with E-state index in [0.717, 1.165) is 4.90 Å². The number of carbonyl (C=O) groups is 2. The SMILES string of the molecule is Cc1ccc(N2C(=O)[C@H]3[C@@H]4C=C[C@](CO)(O4)[C@@H]3C2=O)cc1[N+](=O)[O-]. The van der Waals surface area contributed by atoms with E-state index in [1.807, 2.05) is 0 Å². The first-order valence-electron chi connectivity index (χ1n) is 7.50. The Morgan fingerprint density at radius 3 is 2.79 bits per heavy atom. The number of nitro groups is 1. The summed E-state index contributed by atoms with van der Waals surface area (Å²) in [5.74, 6) is -2.45. The predicted octanol–water partition coefficient (Wildman–Crippen LogP) is 0.709. The van der Waals surface area contributed by atoms with Gasteiger partial charge in [-0.15, -0.1) is 0 Å². The summed E-state index contributed by atoms with van der Waals surface area (Å²) >= 11 is 0. The van der Waals surface area contributed by atoms with Gasteiger partial charge in [0.2, 0.25) is 11.8 Å². The lowest BCUT2D eigenvalue weighted by atomic mass is 9.77. The lowest BCUT2D eigenvalue weighted by molar-refractivity contribution is -0.385. The molecule has 8 heteroatoms. The van der Waals surface area contributed by atoms with E-state index in [1.54, 1.807) is 19.1 Å². The molecule has 8 nitrogen and oxygen atoms in total. The van der Waals surface area contributed by atoms with Gasteiger partial charge in [-0.25, -0.2) is 4.90 Å². The molecule has 1 aromatic carbocycles. The van der Waals surface area contributed by atoms with Gasteiger partial charge in [-0.3, -0.25) is 19.7 Å². The third-order valence-corrected chi connectivity index (χ3v) is 5.05. The number of rotatable bonds is 3. The Morgan fingerprint density at radius 2 is 2.12 bits per heavy atom. The molecular formula is C16H14N2O6. The molecule has 2 fully saturated rings. The number of fused-ring (bicyclic) bond motifs is 5. The van der Waals surface area contributed by atoms with E-state index >= 15 is 0 Å². The number of aliphatic hydroxyl groups excluding tert-OH is 1. The Labute approximate surface area is 136 Å². The van der Waals surface area contributed by atoms with Crippen molar-refractivity contribution >= 4 is 23.2 Å². The molecule has 2 bridgehead atoms. The van der Waals surface area contributed by atoms with Crippen LogP contribution >= 0.6 is 0 Å². The zero-order valence-corrected chi connectivity index (χ0v) is 12.7. The van der Waals surface area contributed by atoms with E-state index in [2.05, 4.69) is 0 Å². The third-order valence-electron chi connectivity index (χ3n) is 5.05. The number of anilines is 1. The van der Waals surface area contributed by atoms with E-state index in [1.165, 1.54) is 18.2 Å². The van der Waals surface area contributed by atoms with Gasteiger partial charge in [-0.2, -0.15) is 0 Å². The fraction of sp³-hybridized carbons (Fsp3) is 0.375. The summed E-state index contributed by atoms with van der Waals surface area (Å²) in [5, 5.41) is 20.8. The smallest absolute Gasteiger partial charge is 0.274 e. The third kappa shape index (κ3) is 1.69. The fourth-order valence-corrected chi connectivity index (χ4v) is 3.87. The van der Waals surface area contributed by atoms with Crippen LogP contribution in [0, 0.1) is 28.9 Å². The monoisotopic (exact) mass is 330 g/mol. The van der Waals surface area contributed by atoms with Gasteiger partial charge in [0.15, 0.2) is 0 Å². The van der Waals surface area contributed by atoms with E-state index < -0.39 is 46.9 Å². The molecule has 0 saturated carbocycles. The summed E-state index contributed by atoms with van der Waals surface area (Å²) in [6, 6.07) is 4.25. The van der Waals surface area contributed by atoms with Gasteiger partial charge < -0.3 is 9.84 Å². The number of carbonyl (C=O) groups excluding carboxylic acids is 2. The normalized spacial score (nSPS) is 33.4. The first-order valence-corrected chi connectivity index (χ1v) is 7.50. The molecule has 0 spiro atoms. The van der Waals surface area contributed by atoms with Crippen molar-refractivity contribution in [1.82, 2.24) is 0 Å². The lowest BCUT2D eigenvalue weighted by Gasteiger charge is -2.26. The van der Waals surface area contributed by atoms with Crippen LogP contribution in [-0.2, 0) is 14.3 Å². The summed E-state index contributed by atoms with van der Waals surface area (Å²) in [5.41, 5.74) is -0.712. The van der Waals surface area contributed by atoms with Crippen LogP contribution in [-0.4, -0.2) is 40.2 Å². The van der Waals surface area contributed by atoms with Crippen LogP contribution in [0.25, 0.3) is 0 Å². The topological polar surface area (TPSA) is 110 Å².